The Kier molecular flexibility index (Phi) is 7.12. The van der Waals surface area contributed by atoms with Crippen LogP contribution in [0, 0.1) is 0 Å². The number of fused-ring (bicyclic) bond motifs is 2. The number of hydrogen-bond acceptors (Lipinski definition) is 6. The fraction of sp³-hybridized carbons (Fsp3) is 0.400. The maximum absolute atomic E-state index is 12.4. The Bertz CT molecular complexity index is 1040. The van der Waals surface area contributed by atoms with Gasteiger partial charge in [-0.2, -0.15) is 0 Å². The molecule has 33 heavy (non-hydrogen) atoms. The van der Waals surface area contributed by atoms with Crippen LogP contribution < -0.4 is 14.8 Å². The van der Waals surface area contributed by atoms with Gasteiger partial charge >= 0.3 is 0 Å². The van der Waals surface area contributed by atoms with Crippen LogP contribution in [0.15, 0.2) is 47.5 Å². The number of nitrogens with zero attached hydrogens (tertiary/aromatic N) is 3. The number of amides is 2. The summed E-state index contributed by atoms with van der Waals surface area (Å²) in [6, 6.07) is 13.6. The van der Waals surface area contributed by atoms with Crippen LogP contribution in [0.25, 0.3) is 0 Å². The molecule has 2 amide bonds. The lowest BCUT2D eigenvalue weighted by Crippen LogP contribution is -2.32. The zero-order valence-corrected chi connectivity index (χ0v) is 19.2. The third kappa shape index (κ3) is 5.63. The fourth-order valence-corrected chi connectivity index (χ4v) is 4.00. The Morgan fingerprint density at radius 1 is 1.12 bits per heavy atom. The van der Waals surface area contributed by atoms with Gasteiger partial charge in [-0.25, -0.2) is 4.99 Å². The van der Waals surface area contributed by atoms with Gasteiger partial charge in [-0.1, -0.05) is 18.2 Å². The molecular formula is C25H30N4O4. The van der Waals surface area contributed by atoms with Gasteiger partial charge in [-0.15, -0.1) is 0 Å². The Labute approximate surface area is 194 Å². The first-order chi connectivity index (χ1) is 16.0. The molecule has 0 unspecified atom stereocenters. The molecule has 1 fully saturated rings. The quantitative estimate of drug-likeness (QED) is 0.562. The summed E-state index contributed by atoms with van der Waals surface area (Å²) in [5.41, 5.74) is 2.93. The molecule has 1 saturated heterocycles. The first kappa shape index (κ1) is 22.6. The smallest absolute Gasteiger partial charge is 0.246 e. The Hall–Kier alpha value is -3.55. The molecule has 0 bridgehead atoms. The molecule has 2 aliphatic rings. The molecule has 174 valence electrons. The van der Waals surface area contributed by atoms with Gasteiger partial charge in [-0.05, 0) is 49.1 Å². The monoisotopic (exact) mass is 450 g/mol. The van der Waals surface area contributed by atoms with Crippen LogP contribution in [-0.2, 0) is 22.7 Å². The summed E-state index contributed by atoms with van der Waals surface area (Å²) >= 11 is 0. The Morgan fingerprint density at radius 3 is 2.73 bits per heavy atom. The fourth-order valence-electron chi connectivity index (χ4n) is 4.00. The van der Waals surface area contributed by atoms with Gasteiger partial charge < -0.3 is 19.3 Å². The van der Waals surface area contributed by atoms with E-state index in [2.05, 4.69) is 10.3 Å². The highest BCUT2D eigenvalue weighted by Crippen LogP contribution is 2.34. The maximum atomic E-state index is 12.4. The number of ether oxygens (including phenoxy) is 2. The lowest BCUT2D eigenvalue weighted by atomic mass is 10.1. The normalized spacial score (nSPS) is 14.2. The minimum absolute atomic E-state index is 0.0341. The summed E-state index contributed by atoms with van der Waals surface area (Å²) in [4.78, 5) is 32.3. The second kappa shape index (κ2) is 10.4. The van der Waals surface area contributed by atoms with Crippen molar-refractivity contribution in [3.63, 3.8) is 0 Å². The summed E-state index contributed by atoms with van der Waals surface area (Å²) in [6.45, 7) is 2.11. The van der Waals surface area contributed by atoms with Crippen LogP contribution in [0.2, 0.25) is 0 Å². The SMILES string of the molecule is COc1ccc(CN(C)C(=O)CCCCCOc2cccc3c2CN2CC(=O)NC2=N3)cc1. The standard InChI is InChI=1S/C25H30N4O4/c1-28(15-18-10-12-19(32-2)13-11-18)24(31)9-4-3-5-14-33-22-8-6-7-21-20(22)16-29-17-23(30)27-25(29)26-21/h6-8,10-13H,3-5,9,14-17H2,1-2H3,(H,26,27,30). The minimum Gasteiger partial charge on any atom is -0.497 e. The second-order valence-electron chi connectivity index (χ2n) is 8.35. The first-order valence-corrected chi connectivity index (χ1v) is 11.3. The van der Waals surface area contributed by atoms with Crippen molar-refractivity contribution >= 4 is 23.5 Å². The summed E-state index contributed by atoms with van der Waals surface area (Å²) in [5, 5.41) is 2.78. The molecule has 0 radical (unpaired) electrons. The van der Waals surface area contributed by atoms with E-state index in [1.807, 2.05) is 54.4 Å². The molecule has 8 heteroatoms. The summed E-state index contributed by atoms with van der Waals surface area (Å²) in [5.74, 6) is 2.35. The van der Waals surface area contributed by atoms with Crippen LogP contribution in [0.5, 0.6) is 11.5 Å². The number of nitrogens with one attached hydrogen (secondary N) is 1. The van der Waals surface area contributed by atoms with E-state index in [9.17, 15) is 9.59 Å². The maximum Gasteiger partial charge on any atom is 0.246 e. The van der Waals surface area contributed by atoms with Gasteiger partial charge in [0.25, 0.3) is 0 Å². The molecule has 0 aliphatic carbocycles. The van der Waals surface area contributed by atoms with Crippen LogP contribution in [0.1, 0.15) is 36.8 Å². The van der Waals surface area contributed by atoms with Crippen LogP contribution in [0.3, 0.4) is 0 Å². The van der Waals surface area contributed by atoms with E-state index in [4.69, 9.17) is 9.47 Å². The molecule has 2 aliphatic heterocycles. The number of benzene rings is 2. The first-order valence-electron chi connectivity index (χ1n) is 11.3. The predicted octanol–water partition coefficient (Wildman–Crippen LogP) is 3.23. The number of aliphatic imine (C=N–C) groups is 1. The molecule has 2 aromatic carbocycles. The molecule has 8 nitrogen and oxygen atoms in total. The van der Waals surface area contributed by atoms with Crippen molar-refractivity contribution in [3.05, 3.63) is 53.6 Å². The van der Waals surface area contributed by atoms with Gasteiger partial charge in [0, 0.05) is 25.6 Å². The summed E-state index contributed by atoms with van der Waals surface area (Å²) in [6.07, 6.45) is 3.15. The van der Waals surface area contributed by atoms with Gasteiger partial charge in [0.1, 0.15) is 18.0 Å². The zero-order chi connectivity index (χ0) is 23.2. The van der Waals surface area contributed by atoms with Crippen molar-refractivity contribution in [3.8, 4) is 11.5 Å². The second-order valence-corrected chi connectivity index (χ2v) is 8.35. The average Bonchev–Trinajstić information content (AvgIpc) is 3.19. The van der Waals surface area contributed by atoms with Crippen LogP contribution in [0.4, 0.5) is 5.69 Å². The van der Waals surface area contributed by atoms with Gasteiger partial charge in [0.15, 0.2) is 0 Å². The number of unbranched alkanes of at least 4 members (excludes halogenated alkanes) is 2. The molecule has 4 rings (SSSR count). The van der Waals surface area contributed by atoms with E-state index in [1.165, 1.54) is 0 Å². The van der Waals surface area contributed by atoms with Gasteiger partial charge in [0.05, 0.1) is 25.9 Å². The van der Waals surface area contributed by atoms with Crippen molar-refractivity contribution < 1.29 is 19.1 Å². The molecule has 0 aromatic heterocycles. The van der Waals surface area contributed by atoms with Crippen LogP contribution >= 0.6 is 0 Å². The largest absolute Gasteiger partial charge is 0.497 e. The minimum atomic E-state index is -0.0341. The van der Waals surface area contributed by atoms with Crippen LogP contribution in [-0.4, -0.2) is 54.9 Å². The summed E-state index contributed by atoms with van der Waals surface area (Å²) in [7, 11) is 3.48. The number of methoxy groups -OCH3 is 1. The van der Waals surface area contributed by atoms with Gasteiger partial charge in [-0.3, -0.25) is 14.9 Å². The highest BCUT2D eigenvalue weighted by molar-refractivity contribution is 6.05. The van der Waals surface area contributed by atoms with E-state index in [0.717, 1.165) is 47.6 Å². The third-order valence-corrected chi connectivity index (χ3v) is 5.87. The molecule has 2 aromatic rings. The Balaban J connectivity index is 1.17. The number of hydrogen-bond donors (Lipinski definition) is 1. The molecule has 0 spiro atoms. The van der Waals surface area contributed by atoms with Crippen molar-refractivity contribution in [2.45, 2.75) is 38.8 Å². The number of guanidine groups is 1. The third-order valence-electron chi connectivity index (χ3n) is 5.87. The summed E-state index contributed by atoms with van der Waals surface area (Å²) < 4.78 is 11.2. The molecule has 2 heterocycles. The lowest BCUT2D eigenvalue weighted by molar-refractivity contribution is -0.130. The van der Waals surface area contributed by atoms with E-state index in [0.29, 0.717) is 38.6 Å². The number of carbonyl (C=O) groups is 2. The van der Waals surface area contributed by atoms with E-state index < -0.39 is 0 Å². The van der Waals surface area contributed by atoms with Crippen molar-refractivity contribution in [1.82, 2.24) is 15.1 Å². The molecular weight excluding hydrogens is 420 g/mol. The lowest BCUT2D eigenvalue weighted by Gasteiger charge is -2.24. The average molecular weight is 451 g/mol. The van der Waals surface area contributed by atoms with E-state index in [1.54, 1.807) is 12.0 Å². The number of rotatable bonds is 10. The topological polar surface area (TPSA) is 83.5 Å². The van der Waals surface area contributed by atoms with Crippen molar-refractivity contribution in [2.24, 2.45) is 4.99 Å². The van der Waals surface area contributed by atoms with Crippen molar-refractivity contribution in [1.29, 1.82) is 0 Å². The molecule has 0 atom stereocenters. The molecule has 1 N–H and O–H groups in total. The Morgan fingerprint density at radius 2 is 1.94 bits per heavy atom. The highest BCUT2D eigenvalue weighted by Gasteiger charge is 2.30. The van der Waals surface area contributed by atoms with E-state index in [-0.39, 0.29) is 11.8 Å². The number of carbonyl (C=O) groups excluding carboxylic acids is 2. The van der Waals surface area contributed by atoms with E-state index >= 15 is 0 Å². The highest BCUT2D eigenvalue weighted by atomic mass is 16.5. The molecule has 0 saturated carbocycles. The predicted molar refractivity (Wildman–Crippen MR) is 126 cm³/mol. The van der Waals surface area contributed by atoms with Gasteiger partial charge in [0.2, 0.25) is 17.8 Å². The van der Waals surface area contributed by atoms with Crippen molar-refractivity contribution in [2.75, 3.05) is 27.3 Å². The zero-order valence-electron chi connectivity index (χ0n) is 19.2.